The van der Waals surface area contributed by atoms with Crippen LogP contribution >= 0.6 is 11.6 Å². The summed E-state index contributed by atoms with van der Waals surface area (Å²) in [5.41, 5.74) is 1.46. The molecule has 3 aromatic carbocycles. The zero-order valence-corrected chi connectivity index (χ0v) is 20.7. The van der Waals surface area contributed by atoms with Crippen molar-refractivity contribution in [2.24, 2.45) is 0 Å². The molecule has 0 aliphatic carbocycles. The number of nitrogens with one attached hydrogen (secondary N) is 2. The summed E-state index contributed by atoms with van der Waals surface area (Å²) in [6, 6.07) is 20.8. The minimum absolute atomic E-state index is 0.0247. The van der Waals surface area contributed by atoms with Crippen LogP contribution in [0, 0.1) is 0 Å². The SMILES string of the molecule is CC(C)(O)CNC(=O)c1ccc(C(=O)NCc2cn(-c3ccccc3)c3cc(Cl)ccc3c2=O)cc1. The standard InChI is InChI=1S/C28H26ClN3O4/c1-28(2,36)17-31-27(35)19-10-8-18(9-11-19)26(34)30-15-20-16-32(22-6-4-3-5-7-22)24-14-21(29)12-13-23(24)25(20)33/h3-14,16,36H,15,17H2,1-2H3,(H,30,34)(H,31,35). The summed E-state index contributed by atoms with van der Waals surface area (Å²) in [4.78, 5) is 38.1. The number of carbonyl (C=O) groups excluding carboxylic acids is 2. The summed E-state index contributed by atoms with van der Waals surface area (Å²) in [6.45, 7) is 3.32. The maximum Gasteiger partial charge on any atom is 0.251 e. The van der Waals surface area contributed by atoms with Crippen LogP contribution in [0.1, 0.15) is 40.1 Å². The summed E-state index contributed by atoms with van der Waals surface area (Å²) < 4.78 is 1.88. The van der Waals surface area contributed by atoms with E-state index in [1.807, 2.05) is 34.9 Å². The van der Waals surface area contributed by atoms with E-state index in [1.165, 1.54) is 12.1 Å². The van der Waals surface area contributed by atoms with E-state index in [0.717, 1.165) is 5.69 Å². The summed E-state index contributed by atoms with van der Waals surface area (Å²) in [5, 5.41) is 16.2. The van der Waals surface area contributed by atoms with E-state index in [9.17, 15) is 19.5 Å². The number of nitrogens with zero attached hydrogens (tertiary/aromatic N) is 1. The average molecular weight is 504 g/mol. The van der Waals surface area contributed by atoms with Crippen LogP contribution in [0.4, 0.5) is 0 Å². The van der Waals surface area contributed by atoms with Gasteiger partial charge in [0.1, 0.15) is 0 Å². The van der Waals surface area contributed by atoms with Crippen LogP contribution in [-0.2, 0) is 6.54 Å². The number of rotatable bonds is 7. The molecule has 3 N–H and O–H groups in total. The number of benzene rings is 3. The first-order valence-corrected chi connectivity index (χ1v) is 11.8. The van der Waals surface area contributed by atoms with Crippen LogP contribution < -0.4 is 16.1 Å². The lowest BCUT2D eigenvalue weighted by Gasteiger charge is -2.17. The van der Waals surface area contributed by atoms with Crippen molar-refractivity contribution < 1.29 is 14.7 Å². The van der Waals surface area contributed by atoms with Crippen molar-refractivity contribution in [3.8, 4) is 5.69 Å². The molecule has 0 aliphatic rings. The van der Waals surface area contributed by atoms with Crippen LogP contribution in [0.15, 0.2) is 83.8 Å². The van der Waals surface area contributed by atoms with Gasteiger partial charge in [0.15, 0.2) is 5.43 Å². The first-order chi connectivity index (χ1) is 17.1. The molecule has 0 unspecified atom stereocenters. The molecular formula is C28H26ClN3O4. The van der Waals surface area contributed by atoms with Gasteiger partial charge in [-0.25, -0.2) is 0 Å². The van der Waals surface area contributed by atoms with Gasteiger partial charge in [-0.05, 0) is 68.4 Å². The Morgan fingerprint density at radius 1 is 0.917 bits per heavy atom. The molecule has 2 amide bonds. The van der Waals surface area contributed by atoms with Gasteiger partial charge in [0.25, 0.3) is 11.8 Å². The molecule has 4 aromatic rings. The Labute approximate surface area is 213 Å². The zero-order chi connectivity index (χ0) is 25.9. The number of hydrogen-bond donors (Lipinski definition) is 3. The molecule has 36 heavy (non-hydrogen) atoms. The Morgan fingerprint density at radius 3 is 2.14 bits per heavy atom. The Balaban J connectivity index is 1.54. The monoisotopic (exact) mass is 503 g/mol. The van der Waals surface area contributed by atoms with Crippen molar-refractivity contribution in [3.63, 3.8) is 0 Å². The van der Waals surface area contributed by atoms with E-state index in [0.29, 0.717) is 32.6 Å². The first kappa shape index (κ1) is 25.2. The molecule has 8 heteroatoms. The fourth-order valence-corrected chi connectivity index (χ4v) is 3.90. The topological polar surface area (TPSA) is 100 Å². The van der Waals surface area contributed by atoms with Gasteiger partial charge in [-0.3, -0.25) is 14.4 Å². The number of carbonyl (C=O) groups is 2. The Morgan fingerprint density at radius 2 is 1.53 bits per heavy atom. The molecule has 1 heterocycles. The van der Waals surface area contributed by atoms with E-state index in [4.69, 9.17) is 11.6 Å². The van der Waals surface area contributed by atoms with Gasteiger partial charge < -0.3 is 20.3 Å². The molecule has 0 fully saturated rings. The third-order valence-corrected chi connectivity index (χ3v) is 5.84. The fourth-order valence-electron chi connectivity index (χ4n) is 3.73. The summed E-state index contributed by atoms with van der Waals surface area (Å²) in [5.74, 6) is -0.720. The first-order valence-electron chi connectivity index (χ1n) is 11.4. The molecular weight excluding hydrogens is 478 g/mol. The average Bonchev–Trinajstić information content (AvgIpc) is 2.87. The highest BCUT2D eigenvalue weighted by atomic mass is 35.5. The zero-order valence-electron chi connectivity index (χ0n) is 19.9. The van der Waals surface area contributed by atoms with Crippen molar-refractivity contribution in [1.29, 1.82) is 0 Å². The molecule has 1 aromatic heterocycles. The van der Waals surface area contributed by atoms with Crippen LogP contribution in [0.2, 0.25) is 5.02 Å². The van der Waals surface area contributed by atoms with Crippen molar-refractivity contribution in [3.05, 3.63) is 111 Å². The molecule has 0 bridgehead atoms. The van der Waals surface area contributed by atoms with Crippen molar-refractivity contribution >= 4 is 34.3 Å². The molecule has 0 aliphatic heterocycles. The largest absolute Gasteiger partial charge is 0.389 e. The van der Waals surface area contributed by atoms with Gasteiger partial charge >= 0.3 is 0 Å². The van der Waals surface area contributed by atoms with Gasteiger partial charge in [-0.1, -0.05) is 29.8 Å². The molecule has 0 saturated carbocycles. The Kier molecular flexibility index (Phi) is 7.24. The molecule has 0 atom stereocenters. The minimum Gasteiger partial charge on any atom is -0.389 e. The normalized spacial score (nSPS) is 11.3. The lowest BCUT2D eigenvalue weighted by atomic mass is 10.1. The van der Waals surface area contributed by atoms with Gasteiger partial charge in [0.2, 0.25) is 0 Å². The third kappa shape index (κ3) is 5.82. The van der Waals surface area contributed by atoms with Gasteiger partial charge in [0, 0.05) is 52.1 Å². The van der Waals surface area contributed by atoms with E-state index in [1.54, 1.807) is 50.4 Å². The predicted octanol–water partition coefficient (Wildman–Crippen LogP) is 4.07. The van der Waals surface area contributed by atoms with E-state index >= 15 is 0 Å². The second-order valence-corrected chi connectivity index (χ2v) is 9.54. The van der Waals surface area contributed by atoms with E-state index in [-0.39, 0.29) is 30.3 Å². The summed E-state index contributed by atoms with van der Waals surface area (Å²) in [6.07, 6.45) is 1.71. The number of amides is 2. The molecule has 4 rings (SSSR count). The second-order valence-electron chi connectivity index (χ2n) is 9.11. The number of fused-ring (bicyclic) bond motifs is 1. The second kappa shape index (κ2) is 10.4. The predicted molar refractivity (Wildman–Crippen MR) is 141 cm³/mol. The molecule has 184 valence electrons. The number of pyridine rings is 1. The number of aromatic nitrogens is 1. The maximum absolute atomic E-state index is 13.2. The Hall–Kier alpha value is -3.94. The molecule has 0 saturated heterocycles. The van der Waals surface area contributed by atoms with Gasteiger partial charge in [0.05, 0.1) is 11.1 Å². The summed E-state index contributed by atoms with van der Waals surface area (Å²) >= 11 is 6.20. The lowest BCUT2D eigenvalue weighted by Crippen LogP contribution is -2.38. The number of hydrogen-bond acceptors (Lipinski definition) is 4. The van der Waals surface area contributed by atoms with E-state index in [2.05, 4.69) is 10.6 Å². The highest BCUT2D eigenvalue weighted by Crippen LogP contribution is 2.21. The van der Waals surface area contributed by atoms with Crippen LogP contribution in [0.5, 0.6) is 0 Å². The van der Waals surface area contributed by atoms with Crippen LogP contribution in [-0.4, -0.2) is 33.6 Å². The molecule has 7 nitrogen and oxygen atoms in total. The van der Waals surface area contributed by atoms with E-state index < -0.39 is 5.60 Å². The van der Waals surface area contributed by atoms with Gasteiger partial charge in [-0.2, -0.15) is 0 Å². The highest BCUT2D eigenvalue weighted by molar-refractivity contribution is 6.31. The smallest absolute Gasteiger partial charge is 0.251 e. The Bertz CT molecular complexity index is 1470. The van der Waals surface area contributed by atoms with Crippen molar-refractivity contribution in [2.45, 2.75) is 26.0 Å². The molecule has 0 radical (unpaired) electrons. The number of para-hydroxylation sites is 1. The van der Waals surface area contributed by atoms with Crippen LogP contribution in [0.3, 0.4) is 0 Å². The van der Waals surface area contributed by atoms with Gasteiger partial charge in [-0.15, -0.1) is 0 Å². The minimum atomic E-state index is -1.02. The number of aliphatic hydroxyl groups is 1. The maximum atomic E-state index is 13.2. The van der Waals surface area contributed by atoms with Crippen molar-refractivity contribution in [2.75, 3.05) is 6.54 Å². The van der Waals surface area contributed by atoms with Crippen molar-refractivity contribution in [1.82, 2.24) is 15.2 Å². The quantitative estimate of drug-likeness (QED) is 0.354. The van der Waals surface area contributed by atoms with Crippen LogP contribution in [0.25, 0.3) is 16.6 Å². The lowest BCUT2D eigenvalue weighted by molar-refractivity contribution is 0.0694. The third-order valence-electron chi connectivity index (χ3n) is 5.61. The molecule has 0 spiro atoms. The number of halogens is 1. The summed E-state index contributed by atoms with van der Waals surface area (Å²) in [7, 11) is 0. The fraction of sp³-hybridized carbons (Fsp3) is 0.179. The highest BCUT2D eigenvalue weighted by Gasteiger charge is 2.16.